The minimum atomic E-state index is 0.306. The van der Waals surface area contributed by atoms with Gasteiger partial charge in [-0.25, -0.2) is 4.99 Å². The lowest BCUT2D eigenvalue weighted by Crippen LogP contribution is -2.41. The van der Waals surface area contributed by atoms with Gasteiger partial charge in [-0.15, -0.1) is 0 Å². The minimum Gasteiger partial charge on any atom is -0.460 e. The van der Waals surface area contributed by atoms with Crippen LogP contribution in [0.3, 0.4) is 0 Å². The van der Waals surface area contributed by atoms with Crippen molar-refractivity contribution in [1.82, 2.24) is 4.90 Å². The molecule has 2 fully saturated rings. The molecular formula is C14H27BN2O. The molecule has 4 heteroatoms. The molecule has 0 N–H and O–H groups in total. The molecule has 18 heavy (non-hydrogen) atoms. The molecule has 3 atom stereocenters. The largest absolute Gasteiger partial charge is 0.460 e. The normalized spacial score (nSPS) is 34.9. The van der Waals surface area contributed by atoms with Gasteiger partial charge in [0.2, 0.25) is 0 Å². The van der Waals surface area contributed by atoms with Gasteiger partial charge in [0, 0.05) is 12.1 Å². The van der Waals surface area contributed by atoms with Crippen molar-refractivity contribution in [2.45, 2.75) is 83.4 Å². The molecule has 1 aliphatic carbocycles. The van der Waals surface area contributed by atoms with Crippen molar-refractivity contribution in [3.8, 4) is 0 Å². The molecule has 1 saturated heterocycles. The minimum absolute atomic E-state index is 0.306. The molecule has 3 unspecified atom stereocenters. The number of hydrogen-bond donors (Lipinski definition) is 0. The first-order chi connectivity index (χ1) is 8.49. The van der Waals surface area contributed by atoms with Crippen molar-refractivity contribution in [3.63, 3.8) is 0 Å². The van der Waals surface area contributed by atoms with E-state index in [4.69, 9.17) is 4.74 Å². The van der Waals surface area contributed by atoms with Crippen LogP contribution in [0.5, 0.6) is 0 Å². The Balaban J connectivity index is 2.21. The Kier molecular flexibility index (Phi) is 4.23. The molecule has 0 aromatic heterocycles. The molecule has 0 amide bonds. The average Bonchev–Trinajstić information content (AvgIpc) is 2.45. The van der Waals surface area contributed by atoms with E-state index in [1.165, 1.54) is 25.7 Å². The van der Waals surface area contributed by atoms with Gasteiger partial charge in [-0.2, -0.15) is 0 Å². The van der Waals surface area contributed by atoms with Crippen LogP contribution in [0.4, 0.5) is 0 Å². The Labute approximate surface area is 112 Å². The summed E-state index contributed by atoms with van der Waals surface area (Å²) >= 11 is 0. The van der Waals surface area contributed by atoms with E-state index < -0.39 is 0 Å². The third kappa shape index (κ3) is 2.84. The van der Waals surface area contributed by atoms with Crippen LogP contribution in [-0.2, 0) is 4.74 Å². The van der Waals surface area contributed by atoms with Crippen LogP contribution in [-0.4, -0.2) is 43.0 Å². The highest BCUT2D eigenvalue weighted by atomic mass is 16.5. The van der Waals surface area contributed by atoms with Crippen LogP contribution in [0.15, 0.2) is 4.99 Å². The van der Waals surface area contributed by atoms with Crippen molar-refractivity contribution in [3.05, 3.63) is 0 Å². The van der Waals surface area contributed by atoms with Gasteiger partial charge in [0.25, 0.3) is 6.02 Å². The third-order valence-electron chi connectivity index (χ3n) is 4.02. The predicted octanol–water partition coefficient (Wildman–Crippen LogP) is 2.22. The smallest absolute Gasteiger partial charge is 0.288 e. The monoisotopic (exact) mass is 250 g/mol. The molecule has 0 aromatic rings. The van der Waals surface area contributed by atoms with Gasteiger partial charge in [0.05, 0.1) is 6.04 Å². The molecule has 0 radical (unpaired) electrons. The standard InChI is InChI=1S/C14H27BN2O/c1-9(2)16-14-17(10(3)4)12-7-5-6-11(15)8-13(12)18-14/h9-13H,5-8,15H2,1-4H3/b16-14+. The summed E-state index contributed by atoms with van der Waals surface area (Å²) in [5.41, 5.74) is 0. The number of nitrogens with zero attached hydrogens (tertiary/aromatic N) is 2. The second kappa shape index (κ2) is 5.54. The summed E-state index contributed by atoms with van der Waals surface area (Å²) in [6, 6.07) is 2.23. The fraction of sp³-hybridized carbons (Fsp3) is 0.929. The molecule has 102 valence electrons. The summed E-state index contributed by atoms with van der Waals surface area (Å²) in [5, 5.41) is 0. The Bertz CT molecular complexity index is 317. The summed E-state index contributed by atoms with van der Waals surface area (Å²) in [6.45, 7) is 8.73. The highest BCUT2D eigenvalue weighted by Gasteiger charge is 2.42. The average molecular weight is 250 g/mol. The van der Waals surface area contributed by atoms with Crippen LogP contribution in [0, 0.1) is 0 Å². The Hall–Kier alpha value is -0.665. The molecular weight excluding hydrogens is 223 g/mol. The maximum atomic E-state index is 6.18. The highest BCUT2D eigenvalue weighted by molar-refractivity contribution is 6.11. The zero-order chi connectivity index (χ0) is 13.3. The van der Waals surface area contributed by atoms with Gasteiger partial charge < -0.3 is 9.64 Å². The van der Waals surface area contributed by atoms with Crippen LogP contribution >= 0.6 is 0 Å². The van der Waals surface area contributed by atoms with Crippen molar-refractivity contribution in [1.29, 1.82) is 0 Å². The summed E-state index contributed by atoms with van der Waals surface area (Å²) in [7, 11) is 2.35. The quantitative estimate of drug-likeness (QED) is 0.702. The van der Waals surface area contributed by atoms with Gasteiger partial charge >= 0.3 is 0 Å². The summed E-state index contributed by atoms with van der Waals surface area (Å²) in [4.78, 5) is 7.10. The Morgan fingerprint density at radius 2 is 2.00 bits per heavy atom. The topological polar surface area (TPSA) is 24.8 Å². The molecule has 3 nitrogen and oxygen atoms in total. The fourth-order valence-electron chi connectivity index (χ4n) is 3.24. The van der Waals surface area contributed by atoms with Crippen LogP contribution in [0.25, 0.3) is 0 Å². The molecule has 1 heterocycles. The van der Waals surface area contributed by atoms with E-state index >= 15 is 0 Å². The summed E-state index contributed by atoms with van der Waals surface area (Å²) < 4.78 is 6.18. The van der Waals surface area contributed by atoms with Gasteiger partial charge in [-0.1, -0.05) is 18.7 Å². The predicted molar refractivity (Wildman–Crippen MR) is 79.0 cm³/mol. The maximum Gasteiger partial charge on any atom is 0.288 e. The molecule has 1 aliphatic heterocycles. The van der Waals surface area contributed by atoms with Gasteiger partial charge in [0.15, 0.2) is 0 Å². The fourth-order valence-corrected chi connectivity index (χ4v) is 3.24. The Morgan fingerprint density at radius 1 is 1.28 bits per heavy atom. The molecule has 0 spiro atoms. The maximum absolute atomic E-state index is 6.18. The molecule has 0 aromatic carbocycles. The lowest BCUT2D eigenvalue weighted by atomic mass is 9.80. The number of ether oxygens (including phenoxy) is 1. The molecule has 2 aliphatic rings. The summed E-state index contributed by atoms with van der Waals surface area (Å²) in [5.74, 6) is 0.785. The second-order valence-corrected chi connectivity index (χ2v) is 6.50. The van der Waals surface area contributed by atoms with E-state index in [-0.39, 0.29) is 0 Å². The van der Waals surface area contributed by atoms with Crippen molar-refractivity contribution < 1.29 is 4.74 Å². The van der Waals surface area contributed by atoms with E-state index in [0.717, 1.165) is 11.8 Å². The van der Waals surface area contributed by atoms with Gasteiger partial charge in [-0.05, 0) is 40.5 Å². The first kappa shape index (κ1) is 13.8. The van der Waals surface area contributed by atoms with E-state index in [1.54, 1.807) is 0 Å². The highest BCUT2D eigenvalue weighted by Crippen LogP contribution is 2.35. The van der Waals surface area contributed by atoms with Crippen molar-refractivity contribution in [2.75, 3.05) is 0 Å². The molecule has 1 saturated carbocycles. The lowest BCUT2D eigenvalue weighted by Gasteiger charge is -2.28. The number of fused-ring (bicyclic) bond motifs is 1. The number of amidine groups is 1. The van der Waals surface area contributed by atoms with Crippen LogP contribution in [0.2, 0.25) is 5.82 Å². The van der Waals surface area contributed by atoms with E-state index in [0.29, 0.717) is 24.2 Å². The molecule has 2 rings (SSSR count). The van der Waals surface area contributed by atoms with E-state index in [2.05, 4.69) is 45.4 Å². The zero-order valence-corrected chi connectivity index (χ0v) is 12.5. The third-order valence-corrected chi connectivity index (χ3v) is 4.02. The first-order valence-corrected chi connectivity index (χ1v) is 7.51. The number of hydrogen-bond acceptors (Lipinski definition) is 2. The lowest BCUT2D eigenvalue weighted by molar-refractivity contribution is 0.172. The van der Waals surface area contributed by atoms with Crippen molar-refractivity contribution in [2.24, 2.45) is 4.99 Å². The van der Waals surface area contributed by atoms with Gasteiger partial charge in [-0.3, -0.25) is 0 Å². The SMILES string of the molecule is BC1CCCC2C(C1)O/C(=N/C(C)C)N2C(C)C. The number of rotatable bonds is 2. The zero-order valence-electron chi connectivity index (χ0n) is 12.5. The Morgan fingerprint density at radius 3 is 2.61 bits per heavy atom. The van der Waals surface area contributed by atoms with Gasteiger partial charge in [0.1, 0.15) is 14.0 Å². The van der Waals surface area contributed by atoms with Crippen molar-refractivity contribution >= 4 is 13.9 Å². The second-order valence-electron chi connectivity index (χ2n) is 6.50. The van der Waals surface area contributed by atoms with E-state index in [1.807, 2.05) is 0 Å². The van der Waals surface area contributed by atoms with Crippen LogP contribution in [0.1, 0.15) is 53.4 Å². The van der Waals surface area contributed by atoms with Crippen LogP contribution < -0.4 is 0 Å². The molecule has 0 bridgehead atoms. The van der Waals surface area contributed by atoms with E-state index in [9.17, 15) is 0 Å². The summed E-state index contributed by atoms with van der Waals surface area (Å²) in [6.07, 6.45) is 5.47. The first-order valence-electron chi connectivity index (χ1n) is 7.51. The number of aliphatic imine (C=N–C) groups is 1.